The molecule has 0 aliphatic carbocycles. The highest BCUT2D eigenvalue weighted by molar-refractivity contribution is 8.18. The molecule has 35 heavy (non-hydrogen) atoms. The molecule has 2 atom stereocenters. The van der Waals surface area contributed by atoms with Crippen molar-refractivity contribution in [1.29, 1.82) is 0 Å². The topological polar surface area (TPSA) is 45.1 Å². The van der Waals surface area contributed by atoms with E-state index in [1.165, 1.54) is 23.0 Å². The zero-order valence-electron chi connectivity index (χ0n) is 21.2. The van der Waals surface area contributed by atoms with E-state index >= 15 is 0 Å². The first-order valence-corrected chi connectivity index (χ1v) is 13.6. The summed E-state index contributed by atoms with van der Waals surface area (Å²) in [4.78, 5) is 23.4. The van der Waals surface area contributed by atoms with Crippen LogP contribution in [-0.2, 0) is 9.53 Å². The van der Waals surface area contributed by atoms with Crippen molar-refractivity contribution in [2.45, 2.75) is 64.5 Å². The SMILES string of the molecule is CCN1c2ccc(/C=C3/SC(=Nc4ccccc4)N(CC4CCCO4)C3=O)cc2C(C)CC1(C)C. The maximum atomic E-state index is 13.5. The molecule has 2 saturated heterocycles. The maximum Gasteiger partial charge on any atom is 0.266 e. The Balaban J connectivity index is 1.47. The number of carbonyl (C=O) groups is 1. The molecule has 1 amide bonds. The molecule has 3 heterocycles. The summed E-state index contributed by atoms with van der Waals surface area (Å²) < 4.78 is 5.84. The maximum absolute atomic E-state index is 13.5. The van der Waals surface area contributed by atoms with Gasteiger partial charge in [-0.2, -0.15) is 0 Å². The number of fused-ring (bicyclic) bond motifs is 1. The van der Waals surface area contributed by atoms with E-state index in [1.54, 1.807) is 0 Å². The number of amides is 1. The number of nitrogens with zero attached hydrogens (tertiary/aromatic N) is 3. The van der Waals surface area contributed by atoms with Gasteiger partial charge in [0.2, 0.25) is 0 Å². The molecule has 2 fully saturated rings. The lowest BCUT2D eigenvalue weighted by atomic mass is 9.79. The number of ether oxygens (including phenoxy) is 1. The molecule has 5 nitrogen and oxygen atoms in total. The van der Waals surface area contributed by atoms with E-state index in [0.29, 0.717) is 17.4 Å². The summed E-state index contributed by atoms with van der Waals surface area (Å²) in [7, 11) is 0. The van der Waals surface area contributed by atoms with Gasteiger partial charge in [0.25, 0.3) is 5.91 Å². The molecule has 0 bridgehead atoms. The number of hydrogen-bond donors (Lipinski definition) is 0. The Labute approximate surface area is 213 Å². The monoisotopic (exact) mass is 489 g/mol. The molecule has 2 aromatic carbocycles. The van der Waals surface area contributed by atoms with Crippen LogP contribution in [0.1, 0.15) is 64.0 Å². The first kappa shape index (κ1) is 24.1. The van der Waals surface area contributed by atoms with Gasteiger partial charge in [0, 0.05) is 24.4 Å². The average Bonchev–Trinajstić information content (AvgIpc) is 3.44. The van der Waals surface area contributed by atoms with Crippen LogP contribution in [0.3, 0.4) is 0 Å². The van der Waals surface area contributed by atoms with Gasteiger partial charge in [-0.05, 0) is 99.2 Å². The largest absolute Gasteiger partial charge is 0.376 e. The number of anilines is 1. The smallest absolute Gasteiger partial charge is 0.266 e. The second-order valence-electron chi connectivity index (χ2n) is 10.4. The van der Waals surface area contributed by atoms with Gasteiger partial charge >= 0.3 is 0 Å². The fraction of sp³-hybridized carbons (Fsp3) is 0.448. The van der Waals surface area contributed by atoms with Crippen molar-refractivity contribution in [2.24, 2.45) is 4.99 Å². The highest BCUT2D eigenvalue weighted by Gasteiger charge is 2.37. The van der Waals surface area contributed by atoms with Crippen LogP contribution >= 0.6 is 11.8 Å². The number of hydrogen-bond acceptors (Lipinski definition) is 5. The fourth-order valence-corrected chi connectivity index (χ4v) is 6.71. The molecular formula is C29H35N3O2S. The molecule has 6 heteroatoms. The minimum Gasteiger partial charge on any atom is -0.376 e. The van der Waals surface area contributed by atoms with E-state index in [4.69, 9.17) is 9.73 Å². The van der Waals surface area contributed by atoms with Gasteiger partial charge in [-0.25, -0.2) is 4.99 Å². The Bertz CT molecular complexity index is 1150. The first-order valence-electron chi connectivity index (χ1n) is 12.7. The zero-order chi connectivity index (χ0) is 24.6. The summed E-state index contributed by atoms with van der Waals surface area (Å²) in [6.07, 6.45) is 5.26. The van der Waals surface area contributed by atoms with Crippen LogP contribution in [0.25, 0.3) is 6.08 Å². The summed E-state index contributed by atoms with van der Waals surface area (Å²) in [6, 6.07) is 16.5. The number of para-hydroxylation sites is 1. The van der Waals surface area contributed by atoms with Gasteiger partial charge in [-0.1, -0.05) is 31.2 Å². The highest BCUT2D eigenvalue weighted by atomic mass is 32.2. The van der Waals surface area contributed by atoms with Crippen molar-refractivity contribution >= 4 is 40.3 Å². The normalized spacial score (nSPS) is 26.1. The van der Waals surface area contributed by atoms with Gasteiger partial charge < -0.3 is 9.64 Å². The molecular weight excluding hydrogens is 454 g/mol. The summed E-state index contributed by atoms with van der Waals surface area (Å²) in [5, 5.41) is 0.730. The molecule has 0 N–H and O–H groups in total. The molecule has 2 unspecified atom stereocenters. The molecule has 0 aromatic heterocycles. The van der Waals surface area contributed by atoms with Gasteiger partial charge in [0.05, 0.1) is 23.2 Å². The van der Waals surface area contributed by atoms with Crippen LogP contribution in [0.5, 0.6) is 0 Å². The van der Waals surface area contributed by atoms with Gasteiger partial charge in [0.1, 0.15) is 0 Å². The molecule has 0 radical (unpaired) electrons. The van der Waals surface area contributed by atoms with Crippen molar-refractivity contribution in [1.82, 2.24) is 4.90 Å². The van der Waals surface area contributed by atoms with Crippen LogP contribution in [0.4, 0.5) is 11.4 Å². The van der Waals surface area contributed by atoms with Crippen LogP contribution in [0, 0.1) is 0 Å². The number of aliphatic imine (C=N–C) groups is 1. The number of carbonyl (C=O) groups excluding carboxylic acids is 1. The first-order chi connectivity index (χ1) is 16.9. The van der Waals surface area contributed by atoms with E-state index in [1.807, 2.05) is 41.3 Å². The summed E-state index contributed by atoms with van der Waals surface area (Å²) in [6.45, 7) is 11.5. The van der Waals surface area contributed by atoms with E-state index < -0.39 is 0 Å². The third-order valence-electron chi connectivity index (χ3n) is 7.30. The van der Waals surface area contributed by atoms with E-state index in [9.17, 15) is 4.79 Å². The highest BCUT2D eigenvalue weighted by Crippen LogP contribution is 2.44. The number of rotatable bonds is 5. The van der Waals surface area contributed by atoms with Crippen molar-refractivity contribution in [2.75, 3.05) is 24.6 Å². The second-order valence-corrected chi connectivity index (χ2v) is 11.4. The minimum atomic E-state index is 0.0160. The lowest BCUT2D eigenvalue weighted by molar-refractivity contribution is -0.123. The summed E-state index contributed by atoms with van der Waals surface area (Å²) in [5.74, 6) is 0.488. The van der Waals surface area contributed by atoms with E-state index in [0.717, 1.165) is 48.8 Å². The quantitative estimate of drug-likeness (QED) is 0.445. The van der Waals surface area contributed by atoms with Crippen molar-refractivity contribution < 1.29 is 9.53 Å². The standard InChI is InChI=1S/C29H35N3O2S/c1-5-32-25-14-13-21(16-24(25)20(2)18-29(32,3)4)17-26-27(33)31(19-23-12-9-15-34-23)28(35-26)30-22-10-7-6-8-11-22/h6-8,10-11,13-14,16-17,20,23H,5,9,12,15,18-19H2,1-4H3/b26-17+,30-28?. The molecule has 0 spiro atoms. The lowest BCUT2D eigenvalue weighted by Gasteiger charge is -2.47. The van der Waals surface area contributed by atoms with Crippen molar-refractivity contribution in [3.05, 3.63) is 64.6 Å². The number of benzene rings is 2. The molecule has 3 aliphatic rings. The predicted octanol–water partition coefficient (Wildman–Crippen LogP) is 6.58. The molecule has 2 aromatic rings. The molecule has 184 valence electrons. The lowest BCUT2D eigenvalue weighted by Crippen LogP contribution is -2.48. The number of thioether (sulfide) groups is 1. The molecule has 0 saturated carbocycles. The Morgan fingerprint density at radius 1 is 1.20 bits per heavy atom. The number of amidine groups is 1. The third kappa shape index (κ3) is 4.91. The van der Waals surface area contributed by atoms with Crippen LogP contribution < -0.4 is 4.90 Å². The van der Waals surface area contributed by atoms with Crippen LogP contribution in [0.15, 0.2) is 58.4 Å². The fourth-order valence-electron chi connectivity index (χ4n) is 5.71. The van der Waals surface area contributed by atoms with E-state index in [-0.39, 0.29) is 17.6 Å². The predicted molar refractivity (Wildman–Crippen MR) is 146 cm³/mol. The summed E-state index contributed by atoms with van der Waals surface area (Å²) in [5.41, 5.74) is 4.75. The van der Waals surface area contributed by atoms with Crippen molar-refractivity contribution in [3.8, 4) is 0 Å². The third-order valence-corrected chi connectivity index (χ3v) is 8.31. The zero-order valence-corrected chi connectivity index (χ0v) is 22.0. The Morgan fingerprint density at radius 2 is 2.00 bits per heavy atom. The minimum absolute atomic E-state index is 0.0160. The van der Waals surface area contributed by atoms with Crippen LogP contribution in [-0.4, -0.2) is 47.3 Å². The second kappa shape index (κ2) is 9.82. The molecule has 5 rings (SSSR count). The summed E-state index contributed by atoms with van der Waals surface area (Å²) >= 11 is 1.46. The van der Waals surface area contributed by atoms with Gasteiger partial charge in [-0.3, -0.25) is 9.69 Å². The Kier molecular flexibility index (Phi) is 6.78. The van der Waals surface area contributed by atoms with Crippen LogP contribution in [0.2, 0.25) is 0 Å². The Morgan fingerprint density at radius 3 is 2.71 bits per heavy atom. The Hall–Kier alpha value is -2.57. The molecule has 3 aliphatic heterocycles. The van der Waals surface area contributed by atoms with Gasteiger partial charge in [0.15, 0.2) is 5.17 Å². The van der Waals surface area contributed by atoms with Crippen molar-refractivity contribution in [3.63, 3.8) is 0 Å². The van der Waals surface area contributed by atoms with Gasteiger partial charge in [-0.15, -0.1) is 0 Å². The van der Waals surface area contributed by atoms with E-state index in [2.05, 4.69) is 50.8 Å². The average molecular weight is 490 g/mol.